The van der Waals surface area contributed by atoms with E-state index in [2.05, 4.69) is 42.4 Å². The smallest absolute Gasteiger partial charge is 0.152 e. The van der Waals surface area contributed by atoms with Crippen molar-refractivity contribution in [1.29, 1.82) is 0 Å². The average Bonchev–Trinajstić information content (AvgIpc) is 2.53. The zero-order valence-corrected chi connectivity index (χ0v) is 15.0. The van der Waals surface area contributed by atoms with E-state index < -0.39 is 0 Å². The molecular formula is C21H23N3O. The average molecular weight is 333 g/mol. The van der Waals surface area contributed by atoms with Crippen molar-refractivity contribution in [3.63, 3.8) is 0 Å². The third-order valence-electron chi connectivity index (χ3n) is 3.75. The van der Waals surface area contributed by atoms with Gasteiger partial charge in [0.2, 0.25) is 0 Å². The summed E-state index contributed by atoms with van der Waals surface area (Å²) in [5.41, 5.74) is 3.12. The standard InChI is InChI=1S/C21H23N3O/c1-14-12-15-10-11-17(24-23-16-8-6-5-7-9-16)20(25)19(15)18(13-14)22-21(2,3)4/h5-13,22,25H,1-4H3. The fourth-order valence-corrected chi connectivity index (χ4v) is 2.78. The molecule has 0 radical (unpaired) electrons. The molecular weight excluding hydrogens is 310 g/mol. The molecule has 0 fully saturated rings. The molecule has 3 aromatic carbocycles. The molecule has 0 bridgehead atoms. The molecule has 0 atom stereocenters. The van der Waals surface area contributed by atoms with Crippen molar-refractivity contribution in [2.75, 3.05) is 5.32 Å². The molecule has 0 aliphatic rings. The van der Waals surface area contributed by atoms with Gasteiger partial charge in [-0.1, -0.05) is 30.3 Å². The highest BCUT2D eigenvalue weighted by Crippen LogP contribution is 2.41. The van der Waals surface area contributed by atoms with E-state index in [1.807, 2.05) is 49.4 Å². The topological polar surface area (TPSA) is 57.0 Å². The van der Waals surface area contributed by atoms with Gasteiger partial charge in [0.15, 0.2) is 5.75 Å². The molecule has 0 aliphatic heterocycles. The highest BCUT2D eigenvalue weighted by atomic mass is 16.3. The Labute approximate surface area is 148 Å². The first-order valence-corrected chi connectivity index (χ1v) is 8.35. The Kier molecular flexibility index (Phi) is 4.45. The van der Waals surface area contributed by atoms with Crippen LogP contribution in [0, 0.1) is 6.92 Å². The lowest BCUT2D eigenvalue weighted by molar-refractivity contribution is 0.482. The van der Waals surface area contributed by atoms with E-state index in [0.29, 0.717) is 5.69 Å². The molecule has 3 rings (SSSR count). The van der Waals surface area contributed by atoms with Crippen molar-refractivity contribution in [3.8, 4) is 5.75 Å². The number of aryl methyl sites for hydroxylation is 1. The first kappa shape index (κ1) is 17.0. The van der Waals surface area contributed by atoms with Gasteiger partial charge in [-0.15, -0.1) is 5.11 Å². The van der Waals surface area contributed by atoms with Crippen LogP contribution in [0.3, 0.4) is 0 Å². The Morgan fingerprint density at radius 2 is 1.64 bits per heavy atom. The van der Waals surface area contributed by atoms with Crippen molar-refractivity contribution >= 4 is 27.8 Å². The molecule has 4 nitrogen and oxygen atoms in total. The third-order valence-corrected chi connectivity index (χ3v) is 3.75. The van der Waals surface area contributed by atoms with Crippen molar-refractivity contribution in [2.24, 2.45) is 10.2 Å². The molecule has 3 aromatic rings. The van der Waals surface area contributed by atoms with Gasteiger partial charge in [-0.2, -0.15) is 5.11 Å². The van der Waals surface area contributed by atoms with E-state index in [1.54, 1.807) is 6.07 Å². The molecule has 0 amide bonds. The first-order chi connectivity index (χ1) is 11.8. The fraction of sp³-hybridized carbons (Fsp3) is 0.238. The van der Waals surface area contributed by atoms with Crippen molar-refractivity contribution in [3.05, 3.63) is 60.2 Å². The normalized spacial score (nSPS) is 12.0. The molecule has 4 heteroatoms. The minimum atomic E-state index is -0.116. The van der Waals surface area contributed by atoms with E-state index in [4.69, 9.17) is 0 Å². The highest BCUT2D eigenvalue weighted by molar-refractivity contribution is 6.02. The Balaban J connectivity index is 2.10. The van der Waals surface area contributed by atoms with Gasteiger partial charge in [0.1, 0.15) is 5.69 Å². The van der Waals surface area contributed by atoms with E-state index in [9.17, 15) is 5.11 Å². The molecule has 25 heavy (non-hydrogen) atoms. The van der Waals surface area contributed by atoms with Crippen LogP contribution in [0.4, 0.5) is 17.1 Å². The van der Waals surface area contributed by atoms with Crippen LogP contribution in [0.2, 0.25) is 0 Å². The summed E-state index contributed by atoms with van der Waals surface area (Å²) >= 11 is 0. The number of nitrogens with one attached hydrogen (secondary N) is 1. The first-order valence-electron chi connectivity index (χ1n) is 8.35. The van der Waals surface area contributed by atoms with E-state index in [1.165, 1.54) is 0 Å². The summed E-state index contributed by atoms with van der Waals surface area (Å²) in [6, 6.07) is 17.4. The van der Waals surface area contributed by atoms with E-state index >= 15 is 0 Å². The number of azo groups is 1. The van der Waals surface area contributed by atoms with Crippen molar-refractivity contribution < 1.29 is 5.11 Å². The number of aromatic hydroxyl groups is 1. The molecule has 0 spiro atoms. The Bertz CT molecular complexity index is 925. The second-order valence-electron chi connectivity index (χ2n) is 7.25. The van der Waals surface area contributed by atoms with Crippen LogP contribution in [0.25, 0.3) is 10.8 Å². The predicted molar refractivity (Wildman–Crippen MR) is 104 cm³/mol. The maximum Gasteiger partial charge on any atom is 0.152 e. The quantitative estimate of drug-likeness (QED) is 0.539. The Morgan fingerprint density at radius 3 is 2.32 bits per heavy atom. The number of fused-ring (bicyclic) bond motifs is 1. The number of benzene rings is 3. The molecule has 2 N–H and O–H groups in total. The largest absolute Gasteiger partial charge is 0.505 e. The number of nitrogens with zero attached hydrogens (tertiary/aromatic N) is 2. The van der Waals surface area contributed by atoms with Crippen LogP contribution in [0.15, 0.2) is 64.8 Å². The molecule has 0 heterocycles. The van der Waals surface area contributed by atoms with E-state index in [0.717, 1.165) is 27.7 Å². The Morgan fingerprint density at radius 1 is 0.920 bits per heavy atom. The lowest BCUT2D eigenvalue weighted by Gasteiger charge is -2.24. The van der Waals surface area contributed by atoms with Crippen LogP contribution in [0.5, 0.6) is 5.75 Å². The minimum absolute atomic E-state index is 0.116. The summed E-state index contributed by atoms with van der Waals surface area (Å²) < 4.78 is 0. The van der Waals surface area contributed by atoms with Crippen LogP contribution in [0.1, 0.15) is 26.3 Å². The van der Waals surface area contributed by atoms with Gasteiger partial charge in [0.05, 0.1) is 5.69 Å². The fourth-order valence-electron chi connectivity index (χ4n) is 2.78. The predicted octanol–water partition coefficient (Wildman–Crippen LogP) is 6.48. The van der Waals surface area contributed by atoms with Gasteiger partial charge in [-0.05, 0) is 62.9 Å². The van der Waals surface area contributed by atoms with Gasteiger partial charge < -0.3 is 10.4 Å². The number of hydrogen-bond donors (Lipinski definition) is 2. The number of phenols is 1. The van der Waals surface area contributed by atoms with Gasteiger partial charge in [-0.25, -0.2) is 0 Å². The summed E-state index contributed by atoms with van der Waals surface area (Å²) in [5, 5.41) is 24.5. The van der Waals surface area contributed by atoms with Gasteiger partial charge in [-0.3, -0.25) is 0 Å². The van der Waals surface area contributed by atoms with Gasteiger partial charge in [0.25, 0.3) is 0 Å². The summed E-state index contributed by atoms with van der Waals surface area (Å²) in [4.78, 5) is 0. The summed E-state index contributed by atoms with van der Waals surface area (Å²) in [6.07, 6.45) is 0. The van der Waals surface area contributed by atoms with Crippen LogP contribution in [-0.4, -0.2) is 10.6 Å². The van der Waals surface area contributed by atoms with Crippen LogP contribution < -0.4 is 5.32 Å². The Hall–Kier alpha value is -2.88. The molecule has 0 aliphatic carbocycles. The van der Waals surface area contributed by atoms with Crippen LogP contribution >= 0.6 is 0 Å². The maximum absolute atomic E-state index is 10.8. The molecule has 0 aromatic heterocycles. The summed E-state index contributed by atoms with van der Waals surface area (Å²) in [5.74, 6) is 0.143. The van der Waals surface area contributed by atoms with Crippen molar-refractivity contribution in [1.82, 2.24) is 0 Å². The molecule has 0 unspecified atom stereocenters. The summed E-state index contributed by atoms with van der Waals surface area (Å²) in [6.45, 7) is 8.33. The molecule has 0 saturated carbocycles. The second kappa shape index (κ2) is 6.55. The summed E-state index contributed by atoms with van der Waals surface area (Å²) in [7, 11) is 0. The van der Waals surface area contributed by atoms with Crippen LogP contribution in [-0.2, 0) is 0 Å². The third kappa shape index (κ3) is 3.97. The van der Waals surface area contributed by atoms with Crippen molar-refractivity contribution in [2.45, 2.75) is 33.2 Å². The SMILES string of the molecule is Cc1cc(NC(C)(C)C)c2c(O)c(N=Nc3ccccc3)ccc2c1. The number of phenolic OH excluding ortho intramolecular Hbond substituents is 1. The number of anilines is 1. The van der Waals surface area contributed by atoms with Gasteiger partial charge >= 0.3 is 0 Å². The second-order valence-corrected chi connectivity index (χ2v) is 7.25. The number of rotatable bonds is 3. The lowest BCUT2D eigenvalue weighted by atomic mass is 10.0. The maximum atomic E-state index is 10.8. The minimum Gasteiger partial charge on any atom is -0.505 e. The highest BCUT2D eigenvalue weighted by Gasteiger charge is 2.16. The lowest BCUT2D eigenvalue weighted by Crippen LogP contribution is -2.26. The van der Waals surface area contributed by atoms with Gasteiger partial charge in [0, 0.05) is 16.6 Å². The zero-order valence-electron chi connectivity index (χ0n) is 15.0. The molecule has 0 saturated heterocycles. The zero-order chi connectivity index (χ0) is 18.0. The molecule has 128 valence electrons. The van der Waals surface area contributed by atoms with E-state index in [-0.39, 0.29) is 11.3 Å². The number of hydrogen-bond acceptors (Lipinski definition) is 4. The monoisotopic (exact) mass is 333 g/mol.